The molecule has 4 amide bonds. The lowest BCUT2D eigenvalue weighted by Gasteiger charge is -2.40. The minimum Gasteiger partial charge on any atom is -0.351 e. The molecule has 0 spiro atoms. The summed E-state index contributed by atoms with van der Waals surface area (Å²) < 4.78 is 15.1. The van der Waals surface area contributed by atoms with Crippen LogP contribution < -0.4 is 10.9 Å². The highest BCUT2D eigenvalue weighted by atomic mass is 19.1. The van der Waals surface area contributed by atoms with Crippen molar-refractivity contribution >= 4 is 34.4 Å². The number of nitrogens with zero attached hydrogens (tertiary/aromatic N) is 10. The van der Waals surface area contributed by atoms with Gasteiger partial charge < -0.3 is 29.8 Å². The van der Waals surface area contributed by atoms with Crippen LogP contribution in [-0.2, 0) is 29.1 Å². The lowest BCUT2D eigenvalue weighted by Crippen LogP contribution is -2.55. The van der Waals surface area contributed by atoms with Crippen LogP contribution in [0.25, 0.3) is 10.8 Å². The maximum absolute atomic E-state index is 15.1. The van der Waals surface area contributed by atoms with Gasteiger partial charge in [-0.3, -0.25) is 33.8 Å². The predicted molar refractivity (Wildman–Crippen MR) is 270 cm³/mol. The molecule has 5 aliphatic rings. The molecule has 2 N–H and O–H groups in total. The van der Waals surface area contributed by atoms with Gasteiger partial charge in [0.25, 0.3) is 17.4 Å². The highest BCUT2D eigenvalue weighted by Crippen LogP contribution is 2.29. The van der Waals surface area contributed by atoms with Gasteiger partial charge in [-0.05, 0) is 86.1 Å². The van der Waals surface area contributed by atoms with Crippen LogP contribution >= 0.6 is 0 Å². The molecule has 0 radical (unpaired) electrons. The molecule has 0 aliphatic carbocycles. The monoisotopic (exact) mass is 981 g/mol. The van der Waals surface area contributed by atoms with E-state index in [-0.39, 0.29) is 34.8 Å². The minimum absolute atomic E-state index is 0.0132. The van der Waals surface area contributed by atoms with Crippen LogP contribution in [0.1, 0.15) is 80.4 Å². The topological polar surface area (TPSA) is 175 Å². The molecule has 378 valence electrons. The molecular weight excluding hydrogens is 916 g/mol. The number of halogens is 1. The normalized spacial score (nSPS) is 19.7. The van der Waals surface area contributed by atoms with E-state index in [1.54, 1.807) is 35.5 Å². The number of fused-ring (bicyclic) bond motifs is 2. The second-order valence-corrected chi connectivity index (χ2v) is 20.3. The van der Waals surface area contributed by atoms with Crippen molar-refractivity contribution < 1.29 is 23.6 Å². The largest absolute Gasteiger partial charge is 0.351 e. The summed E-state index contributed by atoms with van der Waals surface area (Å²) >= 11 is 0. The molecule has 7 heterocycles. The molecule has 1 atom stereocenters. The Morgan fingerprint density at radius 2 is 1.47 bits per heavy atom. The number of piperazine rings is 2. The van der Waals surface area contributed by atoms with Crippen molar-refractivity contribution in [1.29, 1.82) is 0 Å². The van der Waals surface area contributed by atoms with Crippen LogP contribution in [0.3, 0.4) is 0 Å². The molecule has 0 saturated carbocycles. The van der Waals surface area contributed by atoms with Crippen molar-refractivity contribution in [2.75, 3.05) is 111 Å². The van der Waals surface area contributed by atoms with Crippen molar-refractivity contribution in [3.8, 4) is 0 Å². The third-order valence-corrected chi connectivity index (χ3v) is 15.5. The summed E-state index contributed by atoms with van der Waals surface area (Å²) in [5.41, 5.74) is 4.90. The van der Waals surface area contributed by atoms with Gasteiger partial charge in [-0.25, -0.2) is 19.5 Å². The summed E-state index contributed by atoms with van der Waals surface area (Å²) in [7, 11) is 0. The zero-order chi connectivity index (χ0) is 49.6. The van der Waals surface area contributed by atoms with Gasteiger partial charge in [0.2, 0.25) is 11.8 Å². The first-order valence-corrected chi connectivity index (χ1v) is 25.7. The highest BCUT2D eigenvalue weighted by molar-refractivity contribution is 5.95. The molecule has 3 aromatic carbocycles. The third kappa shape index (κ3) is 11.7. The van der Waals surface area contributed by atoms with Crippen LogP contribution in [-0.4, -0.2) is 189 Å². The Kier molecular flexibility index (Phi) is 15.4. The lowest BCUT2D eigenvalue weighted by molar-refractivity contribution is -0.134. The van der Waals surface area contributed by atoms with Gasteiger partial charge in [0.05, 0.1) is 35.4 Å². The number of H-pyrrole nitrogens is 1. The summed E-state index contributed by atoms with van der Waals surface area (Å²) in [6.07, 6.45) is 7.88. The average Bonchev–Trinajstić information content (AvgIpc) is 3.83. The van der Waals surface area contributed by atoms with Gasteiger partial charge >= 0.3 is 0 Å². The van der Waals surface area contributed by atoms with E-state index in [1.165, 1.54) is 6.07 Å². The number of hydrogen-bond donors (Lipinski definition) is 2. The molecule has 10 rings (SSSR count). The summed E-state index contributed by atoms with van der Waals surface area (Å²) in [6.45, 7) is 12.9. The number of amides is 4. The molecule has 4 saturated heterocycles. The van der Waals surface area contributed by atoms with Crippen LogP contribution in [0.2, 0.25) is 0 Å². The first-order valence-electron chi connectivity index (χ1n) is 25.7. The molecule has 5 aromatic rings. The van der Waals surface area contributed by atoms with E-state index in [2.05, 4.69) is 51.1 Å². The molecule has 4 fully saturated rings. The fourth-order valence-corrected chi connectivity index (χ4v) is 11.3. The van der Waals surface area contributed by atoms with E-state index >= 15 is 4.39 Å². The van der Waals surface area contributed by atoms with E-state index in [0.29, 0.717) is 105 Å². The zero-order valence-electron chi connectivity index (χ0n) is 41.0. The van der Waals surface area contributed by atoms with E-state index in [4.69, 9.17) is 0 Å². The van der Waals surface area contributed by atoms with Gasteiger partial charge in [-0.1, -0.05) is 36.4 Å². The number of rotatable bonds is 14. The Balaban J connectivity index is 0.598. The van der Waals surface area contributed by atoms with Gasteiger partial charge in [0.15, 0.2) is 0 Å². The minimum atomic E-state index is -0.597. The number of carbonyl (C=O) groups is 4. The number of aromatic nitrogens is 4. The number of piperidine rings is 2. The van der Waals surface area contributed by atoms with Crippen LogP contribution in [0.4, 0.5) is 4.39 Å². The summed E-state index contributed by atoms with van der Waals surface area (Å²) in [5, 5.41) is 11.2. The molecule has 5 aliphatic heterocycles. The Morgan fingerprint density at radius 1 is 0.722 bits per heavy atom. The summed E-state index contributed by atoms with van der Waals surface area (Å²) in [6, 6.07) is 19.6. The fourth-order valence-electron chi connectivity index (χ4n) is 11.3. The van der Waals surface area contributed by atoms with Crippen LogP contribution in [0.5, 0.6) is 0 Å². The molecule has 72 heavy (non-hydrogen) atoms. The smallest absolute Gasteiger partial charge is 0.272 e. The second-order valence-electron chi connectivity index (χ2n) is 20.3. The molecule has 0 unspecified atom stereocenters. The van der Waals surface area contributed by atoms with E-state index in [1.807, 2.05) is 46.3 Å². The molecule has 2 aromatic heterocycles. The number of aromatic amines is 1. The number of benzene rings is 3. The number of likely N-dealkylation sites (tertiary alicyclic amines) is 2. The van der Waals surface area contributed by atoms with Gasteiger partial charge in [-0.15, -0.1) is 0 Å². The average molecular weight is 981 g/mol. The first kappa shape index (κ1) is 49.1. The van der Waals surface area contributed by atoms with Gasteiger partial charge in [0, 0.05) is 133 Å². The van der Waals surface area contributed by atoms with E-state index in [0.717, 1.165) is 101 Å². The van der Waals surface area contributed by atoms with Gasteiger partial charge in [0.1, 0.15) is 12.1 Å². The molecule has 18 heteroatoms. The summed E-state index contributed by atoms with van der Waals surface area (Å²) in [5.74, 6) is -0.0538. The quantitative estimate of drug-likeness (QED) is 0.167. The Hall–Kier alpha value is -6.47. The van der Waals surface area contributed by atoms with Crippen molar-refractivity contribution in [2.45, 2.75) is 51.1 Å². The SMILES string of the molecule is O=C(NCCN1CCC(CN2CCN(CC(=O)N3CCN(C(=O)c4cc(Cc5n[nH]c(=O)c6ccccc56)ccc4F)CC3)CC2)CC1)c1cccc([C@@H]2CCCN(C(=O)CN3Cc4cncnc4C3)C2)c1. The zero-order valence-corrected chi connectivity index (χ0v) is 41.0. The highest BCUT2D eigenvalue weighted by Gasteiger charge is 2.31. The summed E-state index contributed by atoms with van der Waals surface area (Å²) in [4.78, 5) is 89.1. The molecule has 17 nitrogen and oxygen atoms in total. The molecular formula is C54H65FN12O5. The predicted octanol–water partition coefficient (Wildman–Crippen LogP) is 3.21. The second kappa shape index (κ2) is 22.5. The first-order chi connectivity index (χ1) is 35.1. The van der Waals surface area contributed by atoms with Crippen LogP contribution in [0, 0.1) is 11.7 Å². The van der Waals surface area contributed by atoms with Crippen molar-refractivity contribution in [3.63, 3.8) is 0 Å². The number of carbonyl (C=O) groups excluding carboxylic acids is 4. The van der Waals surface area contributed by atoms with E-state index < -0.39 is 11.7 Å². The third-order valence-electron chi connectivity index (χ3n) is 15.5. The number of nitrogens with one attached hydrogen (secondary N) is 2. The maximum Gasteiger partial charge on any atom is 0.272 e. The van der Waals surface area contributed by atoms with Crippen molar-refractivity contribution in [3.05, 3.63) is 135 Å². The Morgan fingerprint density at radius 3 is 2.28 bits per heavy atom. The standard InChI is InChI=1S/C54H65FN12O5/c55-47-11-10-39(28-48-44-8-1-2-9-45(44)53(71)60-59-48)27-46(47)54(72)66-25-23-65(24-26-66)50(68)35-63-21-19-62(20-22-63)31-38-12-16-61(17-13-38)18-14-57-52(70)41-6-3-5-40(29-41)42-7-4-15-67(33-42)51(69)36-64-32-43-30-56-37-58-49(43)34-64/h1-3,5-6,8-11,27,29-30,37-38,42H,4,7,12-26,28,31-36H2,(H,57,70)(H,60,71)/t42-/m1/s1. The van der Waals surface area contributed by atoms with Crippen LogP contribution in [0.15, 0.2) is 84.0 Å². The maximum atomic E-state index is 15.1. The molecule has 0 bridgehead atoms. The van der Waals surface area contributed by atoms with Gasteiger partial charge in [-0.2, -0.15) is 5.10 Å². The van der Waals surface area contributed by atoms with Crippen molar-refractivity contribution in [1.82, 2.24) is 59.8 Å². The van der Waals surface area contributed by atoms with Crippen molar-refractivity contribution in [2.24, 2.45) is 5.92 Å². The van der Waals surface area contributed by atoms with E-state index in [9.17, 15) is 24.0 Å². The lowest BCUT2D eigenvalue weighted by atomic mass is 9.89. The Labute approximate surface area is 419 Å². The number of hydrogen-bond acceptors (Lipinski definition) is 12. The Bertz CT molecular complexity index is 2800. The fraction of sp³-hybridized carbons (Fsp3) is 0.481.